The third-order valence-electron chi connectivity index (χ3n) is 5.30. The maximum atomic E-state index is 13.4. The van der Waals surface area contributed by atoms with E-state index in [2.05, 4.69) is 0 Å². The molecule has 0 saturated heterocycles. The maximum absolute atomic E-state index is 13.4. The van der Waals surface area contributed by atoms with Crippen molar-refractivity contribution in [1.29, 1.82) is 0 Å². The van der Waals surface area contributed by atoms with Crippen LogP contribution in [-0.2, 0) is 0 Å². The van der Waals surface area contributed by atoms with Crippen molar-refractivity contribution in [3.05, 3.63) is 50.5 Å². The van der Waals surface area contributed by atoms with Gasteiger partial charge in [0.05, 0.1) is 17.7 Å². The Morgan fingerprint density at radius 1 is 1.50 bits per heavy atom. The molecule has 7 heteroatoms. The Balaban J connectivity index is 1.94. The molecule has 0 spiro atoms. The minimum atomic E-state index is -1.57. The SMILES string of the molecule is COc1ccc(Cl)cc1C(=O)C=C1SC(C(C)(O)CF)=C(C)N1CC1CCC1. The highest BCUT2D eigenvalue weighted by molar-refractivity contribution is 8.07. The summed E-state index contributed by atoms with van der Waals surface area (Å²) in [5.41, 5.74) is -0.398. The van der Waals surface area contributed by atoms with E-state index in [-0.39, 0.29) is 5.78 Å². The highest BCUT2D eigenvalue weighted by Crippen LogP contribution is 2.47. The van der Waals surface area contributed by atoms with Gasteiger partial charge in [0.15, 0.2) is 5.78 Å². The predicted molar refractivity (Wildman–Crippen MR) is 111 cm³/mol. The monoisotopic (exact) mass is 425 g/mol. The summed E-state index contributed by atoms with van der Waals surface area (Å²) in [7, 11) is 1.50. The van der Waals surface area contributed by atoms with E-state index in [0.29, 0.717) is 32.2 Å². The Labute approximate surface area is 174 Å². The second-order valence-electron chi connectivity index (χ2n) is 7.52. The summed E-state index contributed by atoms with van der Waals surface area (Å²) in [5, 5.41) is 11.6. The summed E-state index contributed by atoms with van der Waals surface area (Å²) in [6.45, 7) is 3.21. The number of nitrogens with zero attached hydrogens (tertiary/aromatic N) is 1. The molecule has 28 heavy (non-hydrogen) atoms. The zero-order valence-electron chi connectivity index (χ0n) is 16.3. The molecule has 1 unspecified atom stereocenters. The maximum Gasteiger partial charge on any atom is 0.192 e. The summed E-state index contributed by atoms with van der Waals surface area (Å²) in [6.07, 6.45) is 5.03. The Morgan fingerprint density at radius 3 is 2.79 bits per heavy atom. The summed E-state index contributed by atoms with van der Waals surface area (Å²) in [6, 6.07) is 4.90. The van der Waals surface area contributed by atoms with Crippen molar-refractivity contribution < 1.29 is 19.0 Å². The lowest BCUT2D eigenvalue weighted by Gasteiger charge is -2.32. The number of carbonyl (C=O) groups is 1. The van der Waals surface area contributed by atoms with E-state index in [1.807, 2.05) is 11.8 Å². The Kier molecular flexibility index (Phi) is 6.42. The smallest absolute Gasteiger partial charge is 0.192 e. The van der Waals surface area contributed by atoms with Gasteiger partial charge >= 0.3 is 0 Å². The van der Waals surface area contributed by atoms with Crippen LogP contribution in [0.2, 0.25) is 5.02 Å². The van der Waals surface area contributed by atoms with Crippen molar-refractivity contribution in [3.8, 4) is 5.75 Å². The largest absolute Gasteiger partial charge is 0.496 e. The normalized spacial score (nSPS) is 21.1. The van der Waals surface area contributed by atoms with Crippen LogP contribution in [-0.4, -0.2) is 41.7 Å². The van der Waals surface area contributed by atoms with Crippen molar-refractivity contribution in [2.75, 3.05) is 20.3 Å². The highest BCUT2D eigenvalue weighted by Gasteiger charge is 2.38. The van der Waals surface area contributed by atoms with Crippen molar-refractivity contribution in [1.82, 2.24) is 4.90 Å². The fourth-order valence-corrected chi connectivity index (χ4v) is 4.81. The highest BCUT2D eigenvalue weighted by atomic mass is 35.5. The van der Waals surface area contributed by atoms with Gasteiger partial charge in [-0.1, -0.05) is 29.8 Å². The van der Waals surface area contributed by atoms with Crippen LogP contribution in [0.1, 0.15) is 43.5 Å². The molecule has 0 radical (unpaired) electrons. The molecule has 1 aromatic carbocycles. The van der Waals surface area contributed by atoms with E-state index in [1.165, 1.54) is 38.3 Å². The van der Waals surface area contributed by atoms with Gasteiger partial charge in [0.1, 0.15) is 18.0 Å². The molecule has 1 aliphatic heterocycles. The minimum absolute atomic E-state index is 0.241. The van der Waals surface area contributed by atoms with Crippen molar-refractivity contribution >= 4 is 29.1 Å². The Hall–Kier alpha value is -1.50. The summed E-state index contributed by atoms with van der Waals surface area (Å²) < 4.78 is 18.7. The first-order chi connectivity index (χ1) is 13.3. The molecule has 1 saturated carbocycles. The van der Waals surface area contributed by atoms with Gasteiger partial charge in [-0.2, -0.15) is 0 Å². The first-order valence-corrected chi connectivity index (χ1v) is 10.5. The number of aliphatic hydroxyl groups is 1. The number of halogens is 2. The first kappa shape index (κ1) is 21.2. The summed E-state index contributed by atoms with van der Waals surface area (Å²) in [5.74, 6) is 0.749. The molecule has 1 fully saturated rings. The lowest BCUT2D eigenvalue weighted by atomic mass is 9.85. The molecule has 1 N–H and O–H groups in total. The second kappa shape index (κ2) is 8.47. The van der Waals surface area contributed by atoms with Crippen molar-refractivity contribution in [2.45, 2.75) is 38.7 Å². The second-order valence-corrected chi connectivity index (χ2v) is 8.99. The predicted octanol–water partition coefficient (Wildman–Crippen LogP) is 5.17. The number of rotatable bonds is 7. The lowest BCUT2D eigenvalue weighted by molar-refractivity contribution is 0.0754. The van der Waals surface area contributed by atoms with Crippen LogP contribution in [0.5, 0.6) is 5.75 Å². The van der Waals surface area contributed by atoms with Crippen molar-refractivity contribution in [3.63, 3.8) is 0 Å². The fraction of sp³-hybridized carbons (Fsp3) is 0.476. The molecule has 1 aliphatic carbocycles. The van der Waals surface area contributed by atoms with Gasteiger partial charge in [-0.15, -0.1) is 0 Å². The van der Waals surface area contributed by atoms with Gasteiger partial charge in [-0.25, -0.2) is 4.39 Å². The number of ketones is 1. The third kappa shape index (κ3) is 4.24. The molecule has 1 heterocycles. The van der Waals surface area contributed by atoms with Gasteiger partial charge in [0.2, 0.25) is 0 Å². The van der Waals surface area contributed by atoms with E-state index in [1.54, 1.807) is 18.2 Å². The average Bonchev–Trinajstić information content (AvgIpc) is 2.94. The topological polar surface area (TPSA) is 49.8 Å². The number of benzene rings is 1. The first-order valence-electron chi connectivity index (χ1n) is 9.31. The number of hydrogen-bond donors (Lipinski definition) is 1. The van der Waals surface area contributed by atoms with Crippen LogP contribution in [0.3, 0.4) is 0 Å². The van der Waals surface area contributed by atoms with Crippen LogP contribution in [0.4, 0.5) is 4.39 Å². The van der Waals surface area contributed by atoms with Gasteiger partial charge in [0, 0.05) is 28.2 Å². The lowest BCUT2D eigenvalue weighted by Crippen LogP contribution is -2.31. The van der Waals surface area contributed by atoms with E-state index in [0.717, 1.165) is 25.1 Å². The molecule has 0 aromatic heterocycles. The standard InChI is InChI=1S/C21H25ClFNO3S/c1-13-20(21(2,26)12-23)28-19(24(13)11-14-5-4-6-14)10-17(25)16-9-15(22)7-8-18(16)27-3/h7-10,14,26H,4-6,11-12H2,1-3H3. The van der Waals surface area contributed by atoms with E-state index in [4.69, 9.17) is 16.3 Å². The number of ether oxygens (including phenoxy) is 1. The summed E-state index contributed by atoms with van der Waals surface area (Å²) >= 11 is 7.31. The number of carbonyl (C=O) groups excluding carboxylic acids is 1. The molecular weight excluding hydrogens is 401 g/mol. The van der Waals surface area contributed by atoms with Crippen LogP contribution in [0, 0.1) is 5.92 Å². The van der Waals surface area contributed by atoms with Gasteiger partial charge in [-0.3, -0.25) is 4.79 Å². The van der Waals surface area contributed by atoms with Crippen LogP contribution >= 0.6 is 23.4 Å². The number of methoxy groups -OCH3 is 1. The zero-order valence-corrected chi connectivity index (χ0v) is 17.9. The van der Waals surface area contributed by atoms with Crippen molar-refractivity contribution in [2.24, 2.45) is 5.92 Å². The van der Waals surface area contributed by atoms with E-state index < -0.39 is 12.3 Å². The average molecular weight is 426 g/mol. The number of alkyl halides is 1. The summed E-state index contributed by atoms with van der Waals surface area (Å²) in [4.78, 5) is 15.5. The molecule has 2 aliphatic rings. The quantitative estimate of drug-likeness (QED) is 0.482. The third-order valence-corrected chi connectivity index (χ3v) is 7.02. The van der Waals surface area contributed by atoms with Crippen LogP contribution < -0.4 is 4.74 Å². The van der Waals surface area contributed by atoms with Gasteiger partial charge in [0.25, 0.3) is 0 Å². The number of thioether (sulfide) groups is 1. The molecule has 3 rings (SSSR count). The number of allylic oxidation sites excluding steroid dienone is 2. The van der Waals surface area contributed by atoms with E-state index in [9.17, 15) is 14.3 Å². The Morgan fingerprint density at radius 2 is 2.21 bits per heavy atom. The molecule has 4 nitrogen and oxygen atoms in total. The minimum Gasteiger partial charge on any atom is -0.496 e. The molecule has 0 bridgehead atoms. The van der Waals surface area contributed by atoms with Gasteiger partial charge in [-0.05, 0) is 50.8 Å². The Bertz CT molecular complexity index is 833. The molecule has 152 valence electrons. The molecule has 1 aromatic rings. The fourth-order valence-electron chi connectivity index (χ4n) is 3.41. The molecule has 1 atom stereocenters. The molecular formula is C21H25ClFNO3S. The van der Waals surface area contributed by atoms with Crippen LogP contribution in [0.15, 0.2) is 39.9 Å². The van der Waals surface area contributed by atoms with Gasteiger partial charge < -0.3 is 14.7 Å². The van der Waals surface area contributed by atoms with E-state index >= 15 is 0 Å². The zero-order chi connectivity index (χ0) is 20.5. The van der Waals surface area contributed by atoms with Crippen LogP contribution in [0.25, 0.3) is 0 Å². The number of hydrogen-bond acceptors (Lipinski definition) is 5. The molecule has 0 amide bonds.